The van der Waals surface area contributed by atoms with Gasteiger partial charge in [0, 0.05) is 66.8 Å². The van der Waals surface area contributed by atoms with Gasteiger partial charge in [-0.05, 0) is 12.1 Å². The van der Waals surface area contributed by atoms with Gasteiger partial charge >= 0.3 is 11.9 Å². The molecule has 9 heteroatoms. The average Bonchev–Trinajstić information content (AvgIpc) is 2.97. The second kappa shape index (κ2) is 8.32. The van der Waals surface area contributed by atoms with Gasteiger partial charge < -0.3 is 19.7 Å². The lowest BCUT2D eigenvalue weighted by atomic mass is 10.0. The fraction of sp³-hybridized carbons (Fsp3) is 0.421. The maximum Gasteiger partial charge on any atom is 0.325 e. The zero-order valence-corrected chi connectivity index (χ0v) is 17.1. The van der Waals surface area contributed by atoms with Crippen LogP contribution in [0.3, 0.4) is 0 Å². The van der Waals surface area contributed by atoms with Crippen molar-refractivity contribution in [3.8, 4) is 0 Å². The number of nitrogens with zero attached hydrogens (tertiary/aromatic N) is 3. The number of piperazine rings is 1. The van der Waals surface area contributed by atoms with Crippen molar-refractivity contribution in [2.24, 2.45) is 0 Å². The molecule has 2 aromatic rings. The molecule has 1 fully saturated rings. The minimum Gasteiger partial charge on any atom is -0.481 e. The monoisotopic (exact) mass is 451 g/mol. The van der Waals surface area contributed by atoms with Crippen LogP contribution in [-0.4, -0.2) is 68.6 Å². The van der Waals surface area contributed by atoms with Gasteiger partial charge in [-0.25, -0.2) is 0 Å². The predicted molar refractivity (Wildman–Crippen MR) is 106 cm³/mol. The van der Waals surface area contributed by atoms with Gasteiger partial charge in [0.05, 0.1) is 6.42 Å². The summed E-state index contributed by atoms with van der Waals surface area (Å²) in [6.45, 7) is 3.68. The van der Waals surface area contributed by atoms with Crippen molar-refractivity contribution in [2.75, 3.05) is 26.2 Å². The van der Waals surface area contributed by atoms with E-state index in [1.54, 1.807) is 15.7 Å². The number of carboxylic acid groups (broad SMARTS) is 2. The van der Waals surface area contributed by atoms with Crippen LogP contribution in [0.5, 0.6) is 0 Å². The molecule has 8 nitrogen and oxygen atoms in total. The summed E-state index contributed by atoms with van der Waals surface area (Å²) in [6.07, 6.45) is 1.70. The van der Waals surface area contributed by atoms with Gasteiger partial charge in [-0.2, -0.15) is 0 Å². The van der Waals surface area contributed by atoms with E-state index in [4.69, 9.17) is 5.11 Å². The molecule has 0 spiro atoms. The van der Waals surface area contributed by atoms with Crippen LogP contribution in [0, 0.1) is 0 Å². The molecule has 1 aromatic carbocycles. The van der Waals surface area contributed by atoms with Crippen LogP contribution in [0.15, 0.2) is 28.9 Å². The number of fused-ring (bicyclic) bond motifs is 1. The molecule has 2 heterocycles. The van der Waals surface area contributed by atoms with E-state index in [0.29, 0.717) is 31.7 Å². The number of halogens is 1. The van der Waals surface area contributed by atoms with Gasteiger partial charge in [0.1, 0.15) is 6.04 Å². The highest BCUT2D eigenvalue weighted by atomic mass is 79.9. The number of carboxylic acids is 2. The number of aliphatic carboxylic acids is 2. The van der Waals surface area contributed by atoms with Crippen molar-refractivity contribution in [3.05, 3.63) is 34.4 Å². The molecule has 1 aliphatic rings. The zero-order chi connectivity index (χ0) is 20.4. The lowest BCUT2D eigenvalue weighted by Crippen LogP contribution is -2.50. The van der Waals surface area contributed by atoms with Gasteiger partial charge in [0.15, 0.2) is 0 Å². The molecule has 1 atom stereocenters. The predicted octanol–water partition coefficient (Wildman–Crippen LogP) is 2.17. The molecule has 0 bridgehead atoms. The van der Waals surface area contributed by atoms with Crippen molar-refractivity contribution in [1.82, 2.24) is 14.4 Å². The molecule has 1 aromatic heterocycles. The normalized spacial score (nSPS) is 16.3. The van der Waals surface area contributed by atoms with E-state index in [1.165, 1.54) is 6.92 Å². The summed E-state index contributed by atoms with van der Waals surface area (Å²) >= 11 is 3.42. The van der Waals surface area contributed by atoms with Gasteiger partial charge in [-0.15, -0.1) is 0 Å². The first-order valence-corrected chi connectivity index (χ1v) is 9.79. The number of aromatic nitrogens is 1. The Hall–Kier alpha value is -2.39. The largest absolute Gasteiger partial charge is 0.481 e. The summed E-state index contributed by atoms with van der Waals surface area (Å²) in [7, 11) is 0. The second-order valence-electron chi connectivity index (χ2n) is 6.87. The number of rotatable bonds is 6. The van der Waals surface area contributed by atoms with Crippen LogP contribution in [0.25, 0.3) is 10.9 Å². The number of amides is 1. The molecule has 0 unspecified atom stereocenters. The minimum absolute atomic E-state index is 0.0124. The molecule has 1 saturated heterocycles. The lowest BCUT2D eigenvalue weighted by Gasteiger charge is -2.37. The van der Waals surface area contributed by atoms with Crippen molar-refractivity contribution in [3.63, 3.8) is 0 Å². The van der Waals surface area contributed by atoms with Crippen molar-refractivity contribution < 1.29 is 24.6 Å². The third kappa shape index (κ3) is 4.20. The van der Waals surface area contributed by atoms with E-state index >= 15 is 0 Å². The Morgan fingerprint density at radius 1 is 1.14 bits per heavy atom. The number of carbonyl (C=O) groups excluding carboxylic acids is 1. The Bertz CT molecular complexity index is 918. The smallest absolute Gasteiger partial charge is 0.325 e. The molecular formula is C19H22BrN3O5. The first-order chi connectivity index (χ1) is 13.3. The Morgan fingerprint density at radius 3 is 2.39 bits per heavy atom. The molecule has 0 radical (unpaired) electrons. The standard InChI is InChI=1S/C19H22BrN3O5/c1-12(24)21-6-8-22(9-7-21)18(19(27)28)15-11-23(5-4-17(25)26)16-10-13(20)2-3-14(15)16/h2-3,10-11,18H,4-9H2,1H3,(H,25,26)(H,27,28)/t18-/m1/s1. The maximum absolute atomic E-state index is 12.2. The molecular weight excluding hydrogens is 430 g/mol. The second-order valence-corrected chi connectivity index (χ2v) is 7.78. The van der Waals surface area contributed by atoms with E-state index in [2.05, 4.69) is 15.9 Å². The average molecular weight is 452 g/mol. The third-order valence-electron chi connectivity index (χ3n) is 5.09. The first-order valence-electron chi connectivity index (χ1n) is 9.00. The van der Waals surface area contributed by atoms with Crippen molar-refractivity contribution >= 4 is 44.7 Å². The number of hydrogen-bond acceptors (Lipinski definition) is 4. The van der Waals surface area contributed by atoms with Crippen LogP contribution in [0.2, 0.25) is 0 Å². The fourth-order valence-electron chi connectivity index (χ4n) is 3.69. The SMILES string of the molecule is CC(=O)N1CCN([C@@H](C(=O)O)c2cn(CCC(=O)O)c3cc(Br)ccc23)CC1. The molecule has 0 aliphatic carbocycles. The summed E-state index contributed by atoms with van der Waals surface area (Å²) in [4.78, 5) is 38.3. The van der Waals surface area contributed by atoms with Crippen LogP contribution in [-0.2, 0) is 20.9 Å². The Labute approximate surface area is 170 Å². The maximum atomic E-state index is 12.2. The van der Waals surface area contributed by atoms with E-state index in [1.807, 2.05) is 23.1 Å². The topological polar surface area (TPSA) is 103 Å². The number of aryl methyl sites for hydroxylation is 1. The van der Waals surface area contributed by atoms with Crippen LogP contribution >= 0.6 is 15.9 Å². The fourth-order valence-corrected chi connectivity index (χ4v) is 4.04. The summed E-state index contributed by atoms with van der Waals surface area (Å²) < 4.78 is 2.63. The van der Waals surface area contributed by atoms with Crippen LogP contribution < -0.4 is 0 Å². The first kappa shape index (κ1) is 20.3. The quantitative estimate of drug-likeness (QED) is 0.697. The summed E-state index contributed by atoms with van der Waals surface area (Å²) in [5, 5.41) is 19.8. The molecule has 1 aliphatic heterocycles. The highest BCUT2D eigenvalue weighted by Crippen LogP contribution is 2.33. The van der Waals surface area contributed by atoms with Gasteiger partial charge in [-0.3, -0.25) is 19.3 Å². The van der Waals surface area contributed by atoms with Crippen molar-refractivity contribution in [1.29, 1.82) is 0 Å². The number of carbonyl (C=O) groups is 3. The minimum atomic E-state index is -0.962. The Balaban J connectivity index is 1.98. The highest BCUT2D eigenvalue weighted by molar-refractivity contribution is 9.10. The molecule has 28 heavy (non-hydrogen) atoms. The van der Waals surface area contributed by atoms with E-state index in [9.17, 15) is 19.5 Å². The van der Waals surface area contributed by atoms with E-state index in [0.717, 1.165) is 15.4 Å². The Morgan fingerprint density at radius 2 is 1.82 bits per heavy atom. The highest BCUT2D eigenvalue weighted by Gasteiger charge is 2.33. The Kier molecular flexibility index (Phi) is 6.04. The molecule has 1 amide bonds. The zero-order valence-electron chi connectivity index (χ0n) is 15.5. The van der Waals surface area contributed by atoms with Crippen LogP contribution in [0.4, 0.5) is 0 Å². The summed E-state index contributed by atoms with van der Waals surface area (Å²) in [6, 6.07) is 4.71. The molecule has 3 rings (SSSR count). The summed E-state index contributed by atoms with van der Waals surface area (Å²) in [5.41, 5.74) is 1.43. The third-order valence-corrected chi connectivity index (χ3v) is 5.59. The lowest BCUT2D eigenvalue weighted by molar-refractivity contribution is -0.145. The number of benzene rings is 1. The molecule has 0 saturated carbocycles. The van der Waals surface area contributed by atoms with Gasteiger partial charge in [-0.1, -0.05) is 22.0 Å². The van der Waals surface area contributed by atoms with E-state index in [-0.39, 0.29) is 18.9 Å². The van der Waals surface area contributed by atoms with E-state index < -0.39 is 18.0 Å². The molecule has 150 valence electrons. The molecule has 2 N–H and O–H groups in total. The summed E-state index contributed by atoms with van der Waals surface area (Å²) in [5.74, 6) is -1.88. The van der Waals surface area contributed by atoms with Gasteiger partial charge in [0.25, 0.3) is 0 Å². The van der Waals surface area contributed by atoms with Crippen molar-refractivity contribution in [2.45, 2.75) is 25.9 Å². The van der Waals surface area contributed by atoms with Crippen LogP contribution in [0.1, 0.15) is 24.9 Å². The van der Waals surface area contributed by atoms with Gasteiger partial charge in [0.2, 0.25) is 5.91 Å². The number of hydrogen-bond donors (Lipinski definition) is 2.